The van der Waals surface area contributed by atoms with Crippen molar-refractivity contribution in [3.63, 3.8) is 0 Å². The van der Waals surface area contributed by atoms with Crippen LogP contribution in [-0.2, 0) is 12.8 Å². The molecule has 0 saturated carbocycles. The van der Waals surface area contributed by atoms with Crippen molar-refractivity contribution in [2.24, 2.45) is 0 Å². The summed E-state index contributed by atoms with van der Waals surface area (Å²) < 4.78 is 0. The van der Waals surface area contributed by atoms with E-state index in [4.69, 9.17) is 0 Å². The van der Waals surface area contributed by atoms with Gasteiger partial charge in [-0.15, -0.1) is 0 Å². The second kappa shape index (κ2) is 10.7. The van der Waals surface area contributed by atoms with Crippen molar-refractivity contribution in [1.29, 1.82) is 0 Å². The Morgan fingerprint density at radius 3 is 1.93 bits per heavy atom. The van der Waals surface area contributed by atoms with E-state index < -0.39 is 0 Å². The van der Waals surface area contributed by atoms with Gasteiger partial charge in [0.1, 0.15) is 0 Å². The predicted octanol–water partition coefficient (Wildman–Crippen LogP) is 7.71. The second-order valence-electron chi connectivity index (χ2n) is 7.76. The van der Waals surface area contributed by atoms with Crippen LogP contribution in [0.25, 0.3) is 10.8 Å². The fraction of sp³-hybridized carbons (Fsp3) is 0.357. The molecule has 3 aromatic rings. The van der Waals surface area contributed by atoms with Gasteiger partial charge in [-0.3, -0.25) is 0 Å². The molecule has 0 fully saturated rings. The highest BCUT2D eigenvalue weighted by Gasteiger charge is 1.98. The van der Waals surface area contributed by atoms with E-state index in [9.17, 15) is 0 Å². The van der Waals surface area contributed by atoms with Gasteiger partial charge in [0.05, 0.1) is 0 Å². The van der Waals surface area contributed by atoms with Gasteiger partial charge in [-0.25, -0.2) is 0 Å². The molecule has 3 aromatic carbocycles. The van der Waals surface area contributed by atoms with E-state index in [2.05, 4.69) is 86.4 Å². The molecule has 0 N–H and O–H groups in total. The summed E-state index contributed by atoms with van der Waals surface area (Å²) >= 11 is 0. The van der Waals surface area contributed by atoms with Crippen LogP contribution >= 0.6 is 0 Å². The minimum atomic E-state index is 1.08. The van der Waals surface area contributed by atoms with Crippen LogP contribution in [0.1, 0.15) is 74.6 Å². The van der Waals surface area contributed by atoms with Crippen LogP contribution in [0.3, 0.4) is 0 Å². The molecule has 0 bridgehead atoms. The number of unbranched alkanes of at least 4 members (excludes halogenated alkanes) is 4. The van der Waals surface area contributed by atoms with Gasteiger partial charge in [0.25, 0.3) is 0 Å². The molecule has 0 aliphatic rings. The third-order valence-corrected chi connectivity index (χ3v) is 5.35. The molecule has 0 saturated heterocycles. The Hall–Kier alpha value is -2.52. The van der Waals surface area contributed by atoms with Crippen molar-refractivity contribution in [3.05, 3.63) is 82.9 Å². The van der Waals surface area contributed by atoms with Crippen LogP contribution in [0, 0.1) is 11.8 Å². The molecular weight excluding hydrogens is 336 g/mol. The molecule has 0 unspecified atom stereocenters. The van der Waals surface area contributed by atoms with Gasteiger partial charge in [-0.05, 0) is 71.8 Å². The monoisotopic (exact) mass is 368 g/mol. The summed E-state index contributed by atoms with van der Waals surface area (Å²) in [6.07, 6.45) is 10.1. The zero-order chi connectivity index (χ0) is 19.6. The van der Waals surface area contributed by atoms with Crippen molar-refractivity contribution in [1.82, 2.24) is 0 Å². The highest BCUT2D eigenvalue weighted by atomic mass is 14.0. The molecule has 28 heavy (non-hydrogen) atoms. The summed E-state index contributed by atoms with van der Waals surface area (Å²) in [6.45, 7) is 4.50. The van der Waals surface area contributed by atoms with Gasteiger partial charge in [0.15, 0.2) is 0 Å². The normalized spacial score (nSPS) is 10.6. The van der Waals surface area contributed by atoms with Crippen LogP contribution < -0.4 is 0 Å². The van der Waals surface area contributed by atoms with Crippen molar-refractivity contribution >= 4 is 10.8 Å². The lowest BCUT2D eigenvalue weighted by molar-refractivity contribution is 0.667. The maximum Gasteiger partial charge on any atom is 0.0255 e. The fourth-order valence-electron chi connectivity index (χ4n) is 3.56. The summed E-state index contributed by atoms with van der Waals surface area (Å²) in [4.78, 5) is 0. The SMILES string of the molecule is CCCCCCc1ccc(C#Cc2ccc3cc(CCCC)ccc3c2)cc1. The Morgan fingerprint density at radius 1 is 0.536 bits per heavy atom. The molecule has 144 valence electrons. The zero-order valence-electron chi connectivity index (χ0n) is 17.4. The molecular formula is C28H32. The summed E-state index contributed by atoms with van der Waals surface area (Å²) in [6, 6.07) is 22.1. The second-order valence-corrected chi connectivity index (χ2v) is 7.76. The van der Waals surface area contributed by atoms with Gasteiger partial charge >= 0.3 is 0 Å². The number of hydrogen-bond acceptors (Lipinski definition) is 0. The first-order chi connectivity index (χ1) is 13.8. The average molecular weight is 369 g/mol. The van der Waals surface area contributed by atoms with Crippen molar-refractivity contribution in [2.75, 3.05) is 0 Å². The maximum absolute atomic E-state index is 3.33. The molecule has 0 heteroatoms. The molecule has 0 atom stereocenters. The lowest BCUT2D eigenvalue weighted by Gasteiger charge is -2.04. The van der Waals surface area contributed by atoms with Crippen molar-refractivity contribution < 1.29 is 0 Å². The molecule has 0 heterocycles. The first-order valence-electron chi connectivity index (χ1n) is 10.9. The summed E-state index contributed by atoms with van der Waals surface area (Å²) in [5.41, 5.74) is 5.03. The smallest absolute Gasteiger partial charge is 0.0255 e. The van der Waals surface area contributed by atoms with Crippen molar-refractivity contribution in [3.8, 4) is 11.8 Å². The largest absolute Gasteiger partial charge is 0.0654 e. The third-order valence-electron chi connectivity index (χ3n) is 5.35. The van der Waals surface area contributed by atoms with Crippen LogP contribution in [-0.4, -0.2) is 0 Å². The molecule has 0 aliphatic carbocycles. The lowest BCUT2D eigenvalue weighted by Crippen LogP contribution is -1.86. The summed E-state index contributed by atoms with van der Waals surface area (Å²) in [5.74, 6) is 6.65. The van der Waals surface area contributed by atoms with Gasteiger partial charge in [0.2, 0.25) is 0 Å². The van der Waals surface area contributed by atoms with E-state index in [0.29, 0.717) is 0 Å². The number of benzene rings is 3. The number of rotatable bonds is 8. The van der Waals surface area contributed by atoms with Gasteiger partial charge in [-0.2, -0.15) is 0 Å². The maximum atomic E-state index is 3.33. The van der Waals surface area contributed by atoms with E-state index in [1.54, 1.807) is 0 Å². The molecule has 0 nitrogen and oxygen atoms in total. The number of fused-ring (bicyclic) bond motifs is 1. The van der Waals surface area contributed by atoms with E-state index in [1.807, 2.05) is 0 Å². The fourth-order valence-corrected chi connectivity index (χ4v) is 3.56. The van der Waals surface area contributed by atoms with E-state index in [-0.39, 0.29) is 0 Å². The number of aryl methyl sites for hydroxylation is 2. The Balaban J connectivity index is 1.65. The van der Waals surface area contributed by atoms with Gasteiger partial charge in [-0.1, -0.05) is 87.8 Å². The van der Waals surface area contributed by atoms with Crippen LogP contribution in [0.4, 0.5) is 0 Å². The van der Waals surface area contributed by atoms with Crippen molar-refractivity contribution in [2.45, 2.75) is 65.2 Å². The molecule has 0 aliphatic heterocycles. The quantitative estimate of drug-likeness (QED) is 0.282. The Morgan fingerprint density at radius 2 is 1.14 bits per heavy atom. The van der Waals surface area contributed by atoms with E-state index >= 15 is 0 Å². The van der Waals surface area contributed by atoms with E-state index in [0.717, 1.165) is 11.1 Å². The molecule has 0 amide bonds. The zero-order valence-corrected chi connectivity index (χ0v) is 17.4. The summed E-state index contributed by atoms with van der Waals surface area (Å²) in [7, 11) is 0. The Bertz CT molecular complexity index is 935. The standard InChI is InChI=1S/C28H32/c1-3-5-7-8-10-23-11-13-24(14-12-23)15-16-26-18-20-27-21-25(9-6-4-2)17-19-28(27)22-26/h11-14,17-22H,3-10H2,1-2H3. The molecule has 0 spiro atoms. The highest BCUT2D eigenvalue weighted by molar-refractivity contribution is 5.84. The van der Waals surface area contributed by atoms with Crippen LogP contribution in [0.5, 0.6) is 0 Å². The highest BCUT2D eigenvalue weighted by Crippen LogP contribution is 2.19. The van der Waals surface area contributed by atoms with Gasteiger partial charge < -0.3 is 0 Å². The molecule has 3 rings (SSSR count). The lowest BCUT2D eigenvalue weighted by atomic mass is 10.0. The molecule has 0 radical (unpaired) electrons. The van der Waals surface area contributed by atoms with E-state index in [1.165, 1.54) is 73.3 Å². The predicted molar refractivity (Wildman–Crippen MR) is 123 cm³/mol. The summed E-state index contributed by atoms with van der Waals surface area (Å²) in [5, 5.41) is 2.58. The minimum Gasteiger partial charge on any atom is -0.0654 e. The van der Waals surface area contributed by atoms with Gasteiger partial charge in [0, 0.05) is 11.1 Å². The Kier molecular flexibility index (Phi) is 7.74. The first-order valence-corrected chi connectivity index (χ1v) is 10.9. The topological polar surface area (TPSA) is 0 Å². The first kappa shape index (κ1) is 20.2. The number of hydrogen-bond donors (Lipinski definition) is 0. The third kappa shape index (κ3) is 6.00. The van der Waals surface area contributed by atoms with Crippen LogP contribution in [0.15, 0.2) is 60.7 Å². The minimum absolute atomic E-state index is 1.08. The average Bonchev–Trinajstić information content (AvgIpc) is 2.74. The molecule has 0 aromatic heterocycles. The van der Waals surface area contributed by atoms with Crippen LogP contribution in [0.2, 0.25) is 0 Å². The Labute approximate surface area is 171 Å².